The smallest absolute Gasteiger partial charge is 0.318 e. The molecule has 1 aromatic rings. The number of amides is 2. The molecule has 0 radical (unpaired) electrons. The van der Waals surface area contributed by atoms with Gasteiger partial charge in [0.1, 0.15) is 17.6 Å². The van der Waals surface area contributed by atoms with Gasteiger partial charge in [-0.2, -0.15) is 0 Å². The lowest BCUT2D eigenvalue weighted by Gasteiger charge is -2.63. The van der Waals surface area contributed by atoms with E-state index in [1.807, 2.05) is 24.0 Å². The third-order valence-corrected chi connectivity index (χ3v) is 6.11. The molecule has 0 bridgehead atoms. The first-order valence-corrected chi connectivity index (χ1v) is 9.37. The van der Waals surface area contributed by atoms with E-state index in [2.05, 4.69) is 5.32 Å². The molecule has 2 amide bonds. The van der Waals surface area contributed by atoms with E-state index in [0.717, 1.165) is 37.5 Å². The molecule has 6 heteroatoms. The maximum atomic E-state index is 12.9. The molecule has 25 heavy (non-hydrogen) atoms. The van der Waals surface area contributed by atoms with Gasteiger partial charge in [-0.25, -0.2) is 4.79 Å². The van der Waals surface area contributed by atoms with Crippen molar-refractivity contribution >= 4 is 6.03 Å². The predicted octanol–water partition coefficient (Wildman–Crippen LogP) is 3.02. The monoisotopic (exact) mass is 348 g/mol. The zero-order valence-electron chi connectivity index (χ0n) is 15.1. The average Bonchev–Trinajstić information content (AvgIpc) is 3.16. The number of rotatable bonds is 5. The number of urea groups is 1. The molecule has 1 spiro atoms. The van der Waals surface area contributed by atoms with Gasteiger partial charge in [0.05, 0.1) is 18.8 Å². The van der Waals surface area contributed by atoms with Crippen LogP contribution in [-0.2, 0) is 9.47 Å². The summed E-state index contributed by atoms with van der Waals surface area (Å²) in [6.45, 7) is 3.96. The summed E-state index contributed by atoms with van der Waals surface area (Å²) in [5.41, 5.74) is 0.310. The zero-order valence-corrected chi connectivity index (χ0v) is 15.1. The molecule has 3 aliphatic rings. The molecule has 2 saturated heterocycles. The third-order valence-electron chi connectivity index (χ3n) is 6.11. The molecule has 138 valence electrons. The first kappa shape index (κ1) is 16.9. The van der Waals surface area contributed by atoms with Crippen molar-refractivity contribution in [1.29, 1.82) is 0 Å². The molecule has 1 aromatic heterocycles. The highest BCUT2D eigenvalue weighted by Crippen LogP contribution is 2.55. The number of nitrogens with one attached hydrogen (secondary N) is 1. The molecule has 3 heterocycles. The Morgan fingerprint density at radius 2 is 2.28 bits per heavy atom. The quantitative estimate of drug-likeness (QED) is 0.888. The van der Waals surface area contributed by atoms with Crippen molar-refractivity contribution < 1.29 is 18.7 Å². The van der Waals surface area contributed by atoms with E-state index in [1.54, 1.807) is 7.11 Å². The van der Waals surface area contributed by atoms with Crippen LogP contribution < -0.4 is 5.32 Å². The maximum absolute atomic E-state index is 12.9. The Hall–Kier alpha value is -1.53. The van der Waals surface area contributed by atoms with Crippen molar-refractivity contribution in [3.63, 3.8) is 0 Å². The van der Waals surface area contributed by atoms with Crippen molar-refractivity contribution in [3.8, 4) is 0 Å². The summed E-state index contributed by atoms with van der Waals surface area (Å²) in [5, 5.41) is 3.10. The molecular weight excluding hydrogens is 320 g/mol. The molecular formula is C19H28N2O4. The van der Waals surface area contributed by atoms with Gasteiger partial charge in [0.15, 0.2) is 0 Å². The Balaban J connectivity index is 1.45. The lowest BCUT2D eigenvalue weighted by molar-refractivity contribution is -0.148. The normalized spacial score (nSPS) is 28.5. The number of hydrogen-bond acceptors (Lipinski definition) is 4. The highest BCUT2D eigenvalue weighted by molar-refractivity contribution is 5.76. The van der Waals surface area contributed by atoms with Crippen LogP contribution in [0.2, 0.25) is 0 Å². The van der Waals surface area contributed by atoms with Crippen molar-refractivity contribution in [2.75, 3.05) is 26.9 Å². The summed E-state index contributed by atoms with van der Waals surface area (Å²) < 4.78 is 16.9. The van der Waals surface area contributed by atoms with Crippen molar-refractivity contribution in [3.05, 3.63) is 23.7 Å². The number of likely N-dealkylation sites (tertiary alicyclic amines) is 1. The van der Waals surface area contributed by atoms with E-state index in [9.17, 15) is 4.79 Å². The van der Waals surface area contributed by atoms with Gasteiger partial charge in [-0.15, -0.1) is 0 Å². The lowest BCUT2D eigenvalue weighted by Crippen LogP contribution is -2.73. The number of nitrogens with zero attached hydrogens (tertiary/aromatic N) is 1. The minimum absolute atomic E-state index is 0.0332. The SMILES string of the molecule is COCC(NC(=O)N1CC2(CCC2)C1C1CCCO1)c1ccc(C)o1. The van der Waals surface area contributed by atoms with Crippen LogP contribution in [0.5, 0.6) is 0 Å². The van der Waals surface area contributed by atoms with Gasteiger partial charge in [-0.3, -0.25) is 0 Å². The summed E-state index contributed by atoms with van der Waals surface area (Å²) in [4.78, 5) is 14.9. The molecule has 1 aliphatic carbocycles. The highest BCUT2D eigenvalue weighted by atomic mass is 16.5. The number of ether oxygens (including phenoxy) is 2. The summed E-state index contributed by atoms with van der Waals surface area (Å²) in [5.74, 6) is 1.57. The first-order chi connectivity index (χ1) is 12.1. The molecule has 3 atom stereocenters. The van der Waals surface area contributed by atoms with Crippen LogP contribution in [0.4, 0.5) is 4.79 Å². The van der Waals surface area contributed by atoms with E-state index >= 15 is 0 Å². The van der Waals surface area contributed by atoms with Gasteiger partial charge in [-0.1, -0.05) is 6.42 Å². The van der Waals surface area contributed by atoms with Gasteiger partial charge in [0.25, 0.3) is 0 Å². The minimum Gasteiger partial charge on any atom is -0.464 e. The Bertz CT molecular complexity index is 619. The molecule has 6 nitrogen and oxygen atoms in total. The average molecular weight is 348 g/mol. The highest BCUT2D eigenvalue weighted by Gasteiger charge is 2.60. The van der Waals surface area contributed by atoms with Crippen LogP contribution in [0, 0.1) is 12.3 Å². The Morgan fingerprint density at radius 3 is 2.84 bits per heavy atom. The van der Waals surface area contributed by atoms with E-state index in [-0.39, 0.29) is 24.2 Å². The van der Waals surface area contributed by atoms with Crippen LogP contribution in [0.3, 0.4) is 0 Å². The second kappa shape index (κ2) is 6.65. The Kier molecular flexibility index (Phi) is 4.50. The van der Waals surface area contributed by atoms with Gasteiger partial charge in [0, 0.05) is 25.7 Å². The summed E-state index contributed by atoms with van der Waals surface area (Å²) in [6.07, 6.45) is 6.09. The summed E-state index contributed by atoms with van der Waals surface area (Å²) in [6, 6.07) is 3.74. The maximum Gasteiger partial charge on any atom is 0.318 e. The lowest BCUT2D eigenvalue weighted by atomic mass is 9.56. The molecule has 3 fully saturated rings. The zero-order chi connectivity index (χ0) is 17.4. The van der Waals surface area contributed by atoms with Gasteiger partial charge in [0.2, 0.25) is 0 Å². The minimum atomic E-state index is -0.269. The largest absolute Gasteiger partial charge is 0.464 e. The summed E-state index contributed by atoms with van der Waals surface area (Å²) in [7, 11) is 1.64. The first-order valence-electron chi connectivity index (χ1n) is 9.37. The van der Waals surface area contributed by atoms with E-state index in [1.165, 1.54) is 19.3 Å². The second-order valence-electron chi connectivity index (χ2n) is 7.75. The number of carbonyl (C=O) groups is 1. The molecule has 0 aromatic carbocycles. The summed E-state index contributed by atoms with van der Waals surface area (Å²) >= 11 is 0. The Labute approximate surface area is 148 Å². The number of carbonyl (C=O) groups excluding carboxylic acids is 1. The molecule has 1 N–H and O–H groups in total. The van der Waals surface area contributed by atoms with Crippen molar-refractivity contribution in [1.82, 2.24) is 10.2 Å². The fraction of sp³-hybridized carbons (Fsp3) is 0.737. The molecule has 4 rings (SSSR count). The van der Waals surface area contributed by atoms with Crippen LogP contribution >= 0.6 is 0 Å². The Morgan fingerprint density at radius 1 is 1.44 bits per heavy atom. The van der Waals surface area contributed by atoms with E-state index in [0.29, 0.717) is 12.0 Å². The van der Waals surface area contributed by atoms with Crippen LogP contribution in [0.25, 0.3) is 0 Å². The third kappa shape index (κ3) is 2.95. The van der Waals surface area contributed by atoms with E-state index < -0.39 is 0 Å². The van der Waals surface area contributed by atoms with Gasteiger partial charge in [-0.05, 0) is 44.7 Å². The van der Waals surface area contributed by atoms with Crippen LogP contribution in [0.15, 0.2) is 16.5 Å². The van der Waals surface area contributed by atoms with Crippen molar-refractivity contribution in [2.24, 2.45) is 5.41 Å². The standard InChI is InChI=1S/C19H28N2O4/c1-13-6-7-15(25-13)14(11-23-2)20-18(22)21-12-19(8-4-9-19)17(21)16-5-3-10-24-16/h6-7,14,16-17H,3-5,8-12H2,1-2H3,(H,20,22). The number of aryl methyl sites for hydroxylation is 1. The number of furan rings is 1. The molecule has 1 saturated carbocycles. The second-order valence-corrected chi connectivity index (χ2v) is 7.75. The van der Waals surface area contributed by atoms with Crippen LogP contribution in [0.1, 0.15) is 49.7 Å². The number of hydrogen-bond donors (Lipinski definition) is 1. The molecule has 2 aliphatic heterocycles. The molecule has 3 unspecified atom stereocenters. The predicted molar refractivity (Wildman–Crippen MR) is 92.3 cm³/mol. The van der Waals surface area contributed by atoms with E-state index in [4.69, 9.17) is 13.9 Å². The van der Waals surface area contributed by atoms with Crippen LogP contribution in [-0.4, -0.2) is 49.9 Å². The van der Waals surface area contributed by atoms with Gasteiger partial charge >= 0.3 is 6.03 Å². The fourth-order valence-corrected chi connectivity index (χ4v) is 4.71. The number of methoxy groups -OCH3 is 1. The van der Waals surface area contributed by atoms with Crippen molar-refractivity contribution in [2.45, 2.75) is 57.2 Å². The fourth-order valence-electron chi connectivity index (χ4n) is 4.71. The van der Waals surface area contributed by atoms with Gasteiger partial charge < -0.3 is 24.1 Å². The topological polar surface area (TPSA) is 63.9 Å².